The zero-order valence-electron chi connectivity index (χ0n) is 17.2. The quantitative estimate of drug-likeness (QED) is 0.555. The number of furan rings is 1. The van der Waals surface area contributed by atoms with Crippen molar-refractivity contribution in [3.63, 3.8) is 0 Å². The van der Waals surface area contributed by atoms with Gasteiger partial charge in [0.05, 0.1) is 10.6 Å². The predicted molar refractivity (Wildman–Crippen MR) is 111 cm³/mol. The number of hydrogen-bond acceptors (Lipinski definition) is 6. The Kier molecular flexibility index (Phi) is 6.29. The maximum Gasteiger partial charge on any atom is 0.287 e. The van der Waals surface area contributed by atoms with Crippen LogP contribution in [0.1, 0.15) is 70.9 Å². The minimum atomic E-state index is -0.526. The Morgan fingerprint density at radius 2 is 1.93 bits per heavy atom. The summed E-state index contributed by atoms with van der Waals surface area (Å²) < 4.78 is 5.83. The number of carbonyl (C=O) groups excluding carboxylic acids is 2. The first-order valence-corrected chi connectivity index (χ1v) is 9.86. The molecule has 0 fully saturated rings. The van der Waals surface area contributed by atoms with Crippen molar-refractivity contribution in [2.24, 2.45) is 5.10 Å². The smallest absolute Gasteiger partial charge is 0.287 e. The summed E-state index contributed by atoms with van der Waals surface area (Å²) in [6.07, 6.45) is 2.94. The summed E-state index contributed by atoms with van der Waals surface area (Å²) in [6, 6.07) is 5.32. The zero-order chi connectivity index (χ0) is 21.8. The maximum atomic E-state index is 12.5. The van der Waals surface area contributed by atoms with E-state index in [0.29, 0.717) is 29.9 Å². The number of non-ortho nitro benzene ring substituents is 1. The van der Waals surface area contributed by atoms with E-state index in [1.165, 1.54) is 24.3 Å². The number of carbonyl (C=O) groups is 2. The van der Waals surface area contributed by atoms with Crippen LogP contribution in [0.15, 0.2) is 33.8 Å². The number of nitrogens with zero attached hydrogens (tertiary/aromatic N) is 2. The third kappa shape index (κ3) is 4.40. The molecule has 2 aromatic rings. The van der Waals surface area contributed by atoms with Gasteiger partial charge in [-0.05, 0) is 45.2 Å². The zero-order valence-corrected chi connectivity index (χ0v) is 17.2. The average molecular weight is 412 g/mol. The number of rotatable bonds is 6. The Labute approximate surface area is 173 Å². The van der Waals surface area contributed by atoms with Crippen molar-refractivity contribution < 1.29 is 18.9 Å². The molecule has 9 heteroatoms. The van der Waals surface area contributed by atoms with E-state index in [-0.39, 0.29) is 29.0 Å². The van der Waals surface area contributed by atoms with Crippen LogP contribution in [0.4, 0.5) is 5.69 Å². The van der Waals surface area contributed by atoms with Gasteiger partial charge in [-0.25, -0.2) is 5.43 Å². The maximum absolute atomic E-state index is 12.5. The fourth-order valence-corrected chi connectivity index (χ4v) is 3.31. The SMILES string of the molecule is CCC(C)NC(=O)c1oc2c(c1C)/C(=N/NC(=O)c1ccc([N+](=O)[O-])cc1)CCC2. The van der Waals surface area contributed by atoms with E-state index in [9.17, 15) is 19.7 Å². The van der Waals surface area contributed by atoms with Gasteiger partial charge in [0.2, 0.25) is 0 Å². The molecule has 1 aliphatic rings. The second-order valence-electron chi connectivity index (χ2n) is 7.29. The van der Waals surface area contributed by atoms with Gasteiger partial charge in [0, 0.05) is 41.3 Å². The van der Waals surface area contributed by atoms with Crippen LogP contribution < -0.4 is 10.7 Å². The summed E-state index contributed by atoms with van der Waals surface area (Å²) in [5.41, 5.74) is 4.79. The lowest BCUT2D eigenvalue weighted by Crippen LogP contribution is -2.32. The Bertz CT molecular complexity index is 1010. The molecule has 1 atom stereocenters. The molecule has 1 aliphatic carbocycles. The van der Waals surface area contributed by atoms with Gasteiger partial charge < -0.3 is 9.73 Å². The lowest BCUT2D eigenvalue weighted by atomic mass is 9.93. The number of benzene rings is 1. The largest absolute Gasteiger partial charge is 0.455 e. The summed E-state index contributed by atoms with van der Waals surface area (Å²) in [4.78, 5) is 35.1. The first-order valence-electron chi connectivity index (χ1n) is 9.86. The summed E-state index contributed by atoms with van der Waals surface area (Å²) >= 11 is 0. The van der Waals surface area contributed by atoms with Crippen LogP contribution >= 0.6 is 0 Å². The third-order valence-corrected chi connectivity index (χ3v) is 5.15. The van der Waals surface area contributed by atoms with Crippen molar-refractivity contribution in [3.8, 4) is 0 Å². The van der Waals surface area contributed by atoms with Gasteiger partial charge in [0.1, 0.15) is 5.76 Å². The van der Waals surface area contributed by atoms with Crippen LogP contribution in [0, 0.1) is 17.0 Å². The van der Waals surface area contributed by atoms with Gasteiger partial charge in [0.15, 0.2) is 5.76 Å². The Balaban J connectivity index is 1.80. The first-order chi connectivity index (χ1) is 14.3. The molecule has 1 aromatic heterocycles. The lowest BCUT2D eigenvalue weighted by Gasteiger charge is -2.13. The van der Waals surface area contributed by atoms with Gasteiger partial charge in [-0.2, -0.15) is 5.10 Å². The number of fused-ring (bicyclic) bond motifs is 1. The van der Waals surface area contributed by atoms with Crippen LogP contribution in [-0.4, -0.2) is 28.5 Å². The van der Waals surface area contributed by atoms with Gasteiger partial charge in [-0.15, -0.1) is 0 Å². The monoisotopic (exact) mass is 412 g/mol. The highest BCUT2D eigenvalue weighted by atomic mass is 16.6. The van der Waals surface area contributed by atoms with E-state index in [2.05, 4.69) is 15.8 Å². The third-order valence-electron chi connectivity index (χ3n) is 5.15. The summed E-state index contributed by atoms with van der Waals surface area (Å²) in [6.45, 7) is 5.73. The Hall–Kier alpha value is -3.49. The Morgan fingerprint density at radius 1 is 1.23 bits per heavy atom. The fraction of sp³-hybridized carbons (Fsp3) is 0.381. The van der Waals surface area contributed by atoms with Crippen LogP contribution in [0.2, 0.25) is 0 Å². The van der Waals surface area contributed by atoms with Gasteiger partial charge in [-0.3, -0.25) is 19.7 Å². The van der Waals surface area contributed by atoms with E-state index in [1.807, 2.05) is 20.8 Å². The molecule has 1 aromatic carbocycles. The van der Waals surface area contributed by atoms with Crippen LogP contribution in [-0.2, 0) is 6.42 Å². The second-order valence-corrected chi connectivity index (χ2v) is 7.29. The topological polar surface area (TPSA) is 127 Å². The second kappa shape index (κ2) is 8.89. The normalized spacial score (nSPS) is 15.4. The minimum Gasteiger partial charge on any atom is -0.455 e. The molecule has 9 nitrogen and oxygen atoms in total. The average Bonchev–Trinajstić information content (AvgIpc) is 3.09. The molecule has 0 aliphatic heterocycles. The lowest BCUT2D eigenvalue weighted by molar-refractivity contribution is -0.384. The van der Waals surface area contributed by atoms with Crippen molar-refractivity contribution in [3.05, 3.63) is 62.6 Å². The first kappa shape index (κ1) is 21.2. The molecule has 1 heterocycles. The standard InChI is InChI=1S/C21H24N4O5/c1-4-12(2)22-21(27)19-13(3)18-16(6-5-7-17(18)30-19)23-24-20(26)14-8-10-15(11-9-14)25(28)29/h8-12H,4-7H2,1-3H3,(H,22,27)(H,24,26)/b23-16+. The highest BCUT2D eigenvalue weighted by Crippen LogP contribution is 2.30. The van der Waals surface area contributed by atoms with Crippen LogP contribution in [0.5, 0.6) is 0 Å². The molecule has 2 N–H and O–H groups in total. The molecule has 0 saturated heterocycles. The van der Waals surface area contributed by atoms with Crippen LogP contribution in [0.3, 0.4) is 0 Å². The number of hydrazone groups is 1. The predicted octanol–water partition coefficient (Wildman–Crippen LogP) is 3.49. The van der Waals surface area contributed by atoms with Crippen molar-refractivity contribution in [1.82, 2.24) is 10.7 Å². The van der Waals surface area contributed by atoms with Crippen LogP contribution in [0.25, 0.3) is 0 Å². The molecule has 1 unspecified atom stereocenters. The molecule has 30 heavy (non-hydrogen) atoms. The molecule has 0 bridgehead atoms. The fourth-order valence-electron chi connectivity index (χ4n) is 3.31. The molecule has 158 valence electrons. The number of nitro benzene ring substituents is 1. The number of nitrogens with one attached hydrogen (secondary N) is 2. The van der Waals surface area contributed by atoms with E-state index in [4.69, 9.17) is 4.42 Å². The highest BCUT2D eigenvalue weighted by molar-refractivity contribution is 6.07. The molecular weight excluding hydrogens is 388 g/mol. The molecule has 2 amide bonds. The van der Waals surface area contributed by atoms with Gasteiger partial charge in [-0.1, -0.05) is 6.92 Å². The molecular formula is C21H24N4O5. The minimum absolute atomic E-state index is 0.0353. The molecule has 0 radical (unpaired) electrons. The Morgan fingerprint density at radius 3 is 2.57 bits per heavy atom. The van der Waals surface area contributed by atoms with E-state index < -0.39 is 10.8 Å². The number of aryl methyl sites for hydroxylation is 1. The number of hydrogen-bond donors (Lipinski definition) is 2. The van der Waals surface area contributed by atoms with E-state index >= 15 is 0 Å². The molecule has 0 spiro atoms. The van der Waals surface area contributed by atoms with Crippen molar-refractivity contribution in [1.29, 1.82) is 0 Å². The van der Waals surface area contributed by atoms with Crippen molar-refractivity contribution in [2.75, 3.05) is 0 Å². The molecule has 0 saturated carbocycles. The van der Waals surface area contributed by atoms with Gasteiger partial charge >= 0.3 is 0 Å². The summed E-state index contributed by atoms with van der Waals surface area (Å²) in [5.74, 6) is 0.235. The van der Waals surface area contributed by atoms with Gasteiger partial charge in [0.25, 0.3) is 17.5 Å². The van der Waals surface area contributed by atoms with E-state index in [0.717, 1.165) is 18.4 Å². The van der Waals surface area contributed by atoms with Crippen molar-refractivity contribution in [2.45, 2.75) is 52.5 Å². The number of amides is 2. The highest BCUT2D eigenvalue weighted by Gasteiger charge is 2.28. The number of nitro groups is 1. The molecule has 3 rings (SSSR count). The summed E-state index contributed by atoms with van der Waals surface area (Å²) in [5, 5.41) is 17.9. The van der Waals surface area contributed by atoms with E-state index in [1.54, 1.807) is 0 Å². The van der Waals surface area contributed by atoms with Crippen molar-refractivity contribution >= 4 is 23.2 Å². The summed E-state index contributed by atoms with van der Waals surface area (Å²) in [7, 11) is 0.